The Bertz CT molecular complexity index is 677. The maximum atomic E-state index is 13.4. The van der Waals surface area contributed by atoms with Crippen LogP contribution in [-0.4, -0.2) is 72.5 Å². The van der Waals surface area contributed by atoms with Crippen molar-refractivity contribution in [2.24, 2.45) is 5.92 Å². The largest absolute Gasteiger partial charge is 0.342 e. The predicted octanol–water partition coefficient (Wildman–Crippen LogP) is 2.78. The number of likely N-dealkylation sites (N-methyl/N-ethyl adjacent to an activating group) is 1. The lowest BCUT2D eigenvalue weighted by molar-refractivity contribution is -0.131. The molecule has 0 N–H and O–H groups in total. The molecule has 3 fully saturated rings. The van der Waals surface area contributed by atoms with E-state index in [1.54, 1.807) is 12.1 Å². The first-order valence-corrected chi connectivity index (χ1v) is 10.5. The Morgan fingerprint density at radius 1 is 1.19 bits per heavy atom. The van der Waals surface area contributed by atoms with Crippen LogP contribution in [0.3, 0.4) is 0 Å². The average molecular weight is 374 g/mol. The van der Waals surface area contributed by atoms with Crippen LogP contribution < -0.4 is 0 Å². The van der Waals surface area contributed by atoms with Crippen molar-refractivity contribution in [2.75, 3.05) is 46.3 Å². The molecule has 2 aliphatic heterocycles. The Kier molecular flexibility index (Phi) is 5.51. The van der Waals surface area contributed by atoms with Gasteiger partial charge >= 0.3 is 0 Å². The monoisotopic (exact) mass is 373 g/mol. The van der Waals surface area contributed by atoms with Gasteiger partial charge in [0.25, 0.3) is 0 Å². The second kappa shape index (κ2) is 7.88. The first kappa shape index (κ1) is 18.9. The van der Waals surface area contributed by atoms with Crippen molar-refractivity contribution in [3.8, 4) is 0 Å². The molecule has 148 valence electrons. The topological polar surface area (TPSA) is 26.8 Å². The van der Waals surface area contributed by atoms with Crippen LogP contribution in [0.4, 0.5) is 4.39 Å². The molecule has 0 bridgehead atoms. The number of nitrogens with zero attached hydrogens (tertiary/aromatic N) is 3. The smallest absolute Gasteiger partial charge is 0.222 e. The Labute approximate surface area is 162 Å². The summed E-state index contributed by atoms with van der Waals surface area (Å²) >= 11 is 0. The van der Waals surface area contributed by atoms with E-state index in [0.29, 0.717) is 12.3 Å². The highest BCUT2D eigenvalue weighted by atomic mass is 19.1. The SMILES string of the molecule is CN1CCN(CCc2cccc(F)c2)C[C@@]12CCC(=O)N(CC1CC1)CC2. The van der Waals surface area contributed by atoms with Crippen LogP contribution in [0.25, 0.3) is 0 Å². The van der Waals surface area contributed by atoms with E-state index in [-0.39, 0.29) is 11.4 Å². The van der Waals surface area contributed by atoms with Gasteiger partial charge in [-0.3, -0.25) is 14.6 Å². The first-order valence-electron chi connectivity index (χ1n) is 10.5. The van der Waals surface area contributed by atoms with Crippen LogP contribution in [-0.2, 0) is 11.2 Å². The van der Waals surface area contributed by atoms with Crippen LogP contribution in [0.15, 0.2) is 24.3 Å². The van der Waals surface area contributed by atoms with Crippen LogP contribution in [0.1, 0.15) is 37.7 Å². The molecule has 0 radical (unpaired) electrons. The van der Waals surface area contributed by atoms with Gasteiger partial charge in [-0.15, -0.1) is 0 Å². The van der Waals surface area contributed by atoms with Crippen LogP contribution in [0.2, 0.25) is 0 Å². The summed E-state index contributed by atoms with van der Waals surface area (Å²) in [7, 11) is 2.23. The number of carbonyl (C=O) groups is 1. The highest BCUT2D eigenvalue weighted by Gasteiger charge is 2.42. The summed E-state index contributed by atoms with van der Waals surface area (Å²) in [5.41, 5.74) is 1.17. The fraction of sp³-hybridized carbons (Fsp3) is 0.682. The molecule has 5 heteroatoms. The molecular formula is C22H32FN3O. The number of carbonyl (C=O) groups excluding carboxylic acids is 1. The molecule has 27 heavy (non-hydrogen) atoms. The van der Waals surface area contributed by atoms with Gasteiger partial charge in [0.05, 0.1) is 0 Å². The maximum absolute atomic E-state index is 13.4. The minimum atomic E-state index is -0.152. The summed E-state index contributed by atoms with van der Waals surface area (Å²) in [6, 6.07) is 6.95. The standard InChI is InChI=1S/C22H32FN3O/c1-24-13-14-25(11-8-18-3-2-4-20(23)15-18)17-22(24)9-7-21(27)26(12-10-22)16-19-5-6-19/h2-4,15,19H,5-14,16-17H2,1H3/t22-/m0/s1. The Balaban J connectivity index is 1.38. The highest BCUT2D eigenvalue weighted by molar-refractivity contribution is 5.76. The van der Waals surface area contributed by atoms with E-state index in [2.05, 4.69) is 21.7 Å². The molecule has 0 aromatic heterocycles. The van der Waals surface area contributed by atoms with Gasteiger partial charge in [-0.1, -0.05) is 12.1 Å². The molecule has 4 nitrogen and oxygen atoms in total. The molecule has 1 aromatic carbocycles. The molecule has 1 spiro atoms. The van der Waals surface area contributed by atoms with Crippen LogP contribution in [0.5, 0.6) is 0 Å². The third-order valence-corrected chi connectivity index (χ3v) is 6.86. The number of hydrogen-bond donors (Lipinski definition) is 0. The molecule has 3 aliphatic rings. The molecule has 2 saturated heterocycles. The van der Waals surface area contributed by atoms with Crippen molar-refractivity contribution in [3.05, 3.63) is 35.6 Å². The molecule has 1 saturated carbocycles. The summed E-state index contributed by atoms with van der Waals surface area (Å²) < 4.78 is 13.4. The third-order valence-electron chi connectivity index (χ3n) is 6.86. The molecule has 1 amide bonds. The van der Waals surface area contributed by atoms with Crippen LogP contribution in [0, 0.1) is 11.7 Å². The number of rotatable bonds is 5. The van der Waals surface area contributed by atoms with E-state index >= 15 is 0 Å². The fourth-order valence-electron chi connectivity index (χ4n) is 4.75. The third kappa shape index (κ3) is 4.52. The van der Waals surface area contributed by atoms with Crippen molar-refractivity contribution >= 4 is 5.91 Å². The van der Waals surface area contributed by atoms with E-state index < -0.39 is 0 Å². The van der Waals surface area contributed by atoms with Crippen molar-refractivity contribution in [1.82, 2.24) is 14.7 Å². The predicted molar refractivity (Wildman–Crippen MR) is 105 cm³/mol. The lowest BCUT2D eigenvalue weighted by atomic mass is 9.86. The highest BCUT2D eigenvalue weighted by Crippen LogP contribution is 2.35. The zero-order chi connectivity index (χ0) is 18.9. The number of piperazine rings is 1. The van der Waals surface area contributed by atoms with Gasteiger partial charge in [0.15, 0.2) is 0 Å². The zero-order valence-corrected chi connectivity index (χ0v) is 16.5. The van der Waals surface area contributed by atoms with Gasteiger partial charge in [-0.05, 0) is 62.8 Å². The number of hydrogen-bond acceptors (Lipinski definition) is 3. The van der Waals surface area contributed by atoms with E-state index in [1.165, 1.54) is 18.9 Å². The van der Waals surface area contributed by atoms with E-state index in [4.69, 9.17) is 0 Å². The Hall–Kier alpha value is -1.46. The summed E-state index contributed by atoms with van der Waals surface area (Å²) in [5, 5.41) is 0. The van der Waals surface area contributed by atoms with Crippen molar-refractivity contribution in [3.63, 3.8) is 0 Å². The molecule has 0 unspecified atom stereocenters. The second-order valence-electron chi connectivity index (χ2n) is 8.84. The molecule has 4 rings (SSSR count). The maximum Gasteiger partial charge on any atom is 0.222 e. The molecule has 1 aromatic rings. The number of halogens is 1. The second-order valence-corrected chi connectivity index (χ2v) is 8.84. The summed E-state index contributed by atoms with van der Waals surface area (Å²) in [5.74, 6) is 0.958. The van der Waals surface area contributed by atoms with Crippen LogP contribution >= 0.6 is 0 Å². The van der Waals surface area contributed by atoms with Gasteiger partial charge in [0, 0.05) is 51.2 Å². The molecule has 1 atom stereocenters. The first-order chi connectivity index (χ1) is 13.0. The normalized spacial score (nSPS) is 27.9. The van der Waals surface area contributed by atoms with E-state index in [0.717, 1.165) is 70.0 Å². The zero-order valence-electron chi connectivity index (χ0n) is 16.5. The minimum Gasteiger partial charge on any atom is -0.342 e. The van der Waals surface area contributed by atoms with Gasteiger partial charge < -0.3 is 4.90 Å². The fourth-order valence-corrected chi connectivity index (χ4v) is 4.75. The average Bonchev–Trinajstić information content (AvgIpc) is 3.49. The van der Waals surface area contributed by atoms with E-state index in [1.807, 2.05) is 6.07 Å². The number of amides is 1. The lowest BCUT2D eigenvalue weighted by Gasteiger charge is -2.49. The summed E-state index contributed by atoms with van der Waals surface area (Å²) in [4.78, 5) is 19.7. The van der Waals surface area contributed by atoms with Crippen molar-refractivity contribution in [2.45, 2.75) is 44.1 Å². The van der Waals surface area contributed by atoms with E-state index in [9.17, 15) is 9.18 Å². The Morgan fingerprint density at radius 2 is 2.04 bits per heavy atom. The number of benzene rings is 1. The Morgan fingerprint density at radius 3 is 2.81 bits per heavy atom. The molecule has 2 heterocycles. The van der Waals surface area contributed by atoms with Crippen molar-refractivity contribution in [1.29, 1.82) is 0 Å². The summed E-state index contributed by atoms with van der Waals surface area (Å²) in [6.45, 7) is 5.94. The molecule has 1 aliphatic carbocycles. The van der Waals surface area contributed by atoms with Gasteiger partial charge in [-0.2, -0.15) is 0 Å². The van der Waals surface area contributed by atoms with Crippen molar-refractivity contribution < 1.29 is 9.18 Å². The van der Waals surface area contributed by atoms with Gasteiger partial charge in [0.2, 0.25) is 5.91 Å². The van der Waals surface area contributed by atoms with Gasteiger partial charge in [0.1, 0.15) is 5.82 Å². The quantitative estimate of drug-likeness (QED) is 0.794. The summed E-state index contributed by atoms with van der Waals surface area (Å²) in [6.07, 6.45) is 6.17. The minimum absolute atomic E-state index is 0.105. The lowest BCUT2D eigenvalue weighted by Crippen LogP contribution is -2.61. The molecular weight excluding hydrogens is 341 g/mol. The van der Waals surface area contributed by atoms with Gasteiger partial charge in [-0.25, -0.2) is 4.39 Å². The number of likely N-dealkylation sites (tertiary alicyclic amines) is 1.